The van der Waals surface area contributed by atoms with E-state index >= 15 is 0 Å². The van der Waals surface area contributed by atoms with Crippen LogP contribution in [-0.2, 0) is 4.74 Å². The molecular weight excluding hydrogens is 232 g/mol. The fourth-order valence-corrected chi connectivity index (χ4v) is 2.56. The average molecular weight is 250 g/mol. The van der Waals surface area contributed by atoms with Crippen molar-refractivity contribution in [2.45, 2.75) is 25.9 Å². The van der Waals surface area contributed by atoms with Gasteiger partial charge in [0.25, 0.3) is 0 Å². The van der Waals surface area contributed by atoms with Crippen molar-refractivity contribution in [1.29, 1.82) is 0 Å². The minimum absolute atomic E-state index is 0.182. The molecule has 0 N–H and O–H groups in total. The summed E-state index contributed by atoms with van der Waals surface area (Å²) in [7, 11) is 0. The Balaban J connectivity index is 2.03. The predicted molar refractivity (Wildman–Crippen MR) is 79.5 cm³/mol. The molecule has 2 aromatic carbocycles. The molecule has 0 fully saturated rings. The quantitative estimate of drug-likeness (QED) is 0.740. The molecule has 0 unspecified atom stereocenters. The minimum atomic E-state index is 0.182. The van der Waals surface area contributed by atoms with E-state index in [9.17, 15) is 0 Å². The molecule has 1 aliphatic heterocycles. The largest absolute Gasteiger partial charge is 0.485 e. The number of benzene rings is 2. The smallest absolute Gasteiger partial charge is 0.128 e. The standard InChI is InChI=1S/C18H18O/c1-2-8-17-16-12-7-6-11-15(16)13-18(19-17)14-9-4-3-5-10-14/h3-7,9-13,17H,2,8H2,1H3/t17-/m1/s1. The summed E-state index contributed by atoms with van der Waals surface area (Å²) < 4.78 is 6.20. The average Bonchev–Trinajstić information content (AvgIpc) is 2.48. The van der Waals surface area contributed by atoms with E-state index in [-0.39, 0.29) is 6.10 Å². The van der Waals surface area contributed by atoms with Crippen molar-refractivity contribution in [1.82, 2.24) is 0 Å². The Kier molecular flexibility index (Phi) is 3.37. The zero-order valence-electron chi connectivity index (χ0n) is 11.2. The normalized spacial score (nSPS) is 17.3. The highest BCUT2D eigenvalue weighted by atomic mass is 16.5. The molecule has 0 aliphatic carbocycles. The lowest BCUT2D eigenvalue weighted by Crippen LogP contribution is -2.10. The third-order valence-electron chi connectivity index (χ3n) is 3.51. The Morgan fingerprint density at radius 2 is 1.68 bits per heavy atom. The van der Waals surface area contributed by atoms with Crippen LogP contribution in [0, 0.1) is 0 Å². The third-order valence-corrected chi connectivity index (χ3v) is 3.51. The highest BCUT2D eigenvalue weighted by Crippen LogP contribution is 2.37. The molecule has 1 heterocycles. The van der Waals surface area contributed by atoms with Crippen LogP contribution in [0.2, 0.25) is 0 Å². The molecule has 0 amide bonds. The van der Waals surface area contributed by atoms with Crippen molar-refractivity contribution in [3.63, 3.8) is 0 Å². The van der Waals surface area contributed by atoms with E-state index in [1.165, 1.54) is 11.1 Å². The predicted octanol–water partition coefficient (Wildman–Crippen LogP) is 5.06. The van der Waals surface area contributed by atoms with Gasteiger partial charge in [-0.3, -0.25) is 0 Å². The van der Waals surface area contributed by atoms with E-state index in [1.54, 1.807) is 0 Å². The monoisotopic (exact) mass is 250 g/mol. The molecule has 0 aromatic heterocycles. The van der Waals surface area contributed by atoms with Gasteiger partial charge in [-0.05, 0) is 23.6 Å². The van der Waals surface area contributed by atoms with Crippen molar-refractivity contribution in [3.05, 3.63) is 71.3 Å². The van der Waals surface area contributed by atoms with Crippen molar-refractivity contribution < 1.29 is 4.74 Å². The zero-order valence-corrected chi connectivity index (χ0v) is 11.2. The van der Waals surface area contributed by atoms with Crippen LogP contribution >= 0.6 is 0 Å². The summed E-state index contributed by atoms with van der Waals surface area (Å²) >= 11 is 0. The Labute approximate surface area is 114 Å². The molecule has 0 bridgehead atoms. The maximum absolute atomic E-state index is 6.20. The van der Waals surface area contributed by atoms with Crippen LogP contribution in [0.25, 0.3) is 11.8 Å². The summed E-state index contributed by atoms with van der Waals surface area (Å²) in [6.45, 7) is 2.20. The van der Waals surface area contributed by atoms with Gasteiger partial charge in [0.2, 0.25) is 0 Å². The van der Waals surface area contributed by atoms with E-state index in [2.05, 4.69) is 61.5 Å². The Morgan fingerprint density at radius 1 is 0.947 bits per heavy atom. The van der Waals surface area contributed by atoms with Crippen LogP contribution < -0.4 is 0 Å². The molecule has 19 heavy (non-hydrogen) atoms. The Hall–Kier alpha value is -2.02. The van der Waals surface area contributed by atoms with Gasteiger partial charge in [-0.2, -0.15) is 0 Å². The van der Waals surface area contributed by atoms with E-state index in [0.29, 0.717) is 0 Å². The van der Waals surface area contributed by atoms with Crippen LogP contribution in [0.4, 0.5) is 0 Å². The Bertz CT molecular complexity index is 584. The van der Waals surface area contributed by atoms with Crippen molar-refractivity contribution in [2.75, 3.05) is 0 Å². The second-order valence-electron chi connectivity index (χ2n) is 4.90. The summed E-state index contributed by atoms with van der Waals surface area (Å²) in [5.74, 6) is 0.984. The first-order valence-electron chi connectivity index (χ1n) is 6.91. The molecule has 0 radical (unpaired) electrons. The topological polar surface area (TPSA) is 9.23 Å². The van der Waals surface area contributed by atoms with Gasteiger partial charge in [0.15, 0.2) is 0 Å². The molecule has 3 rings (SSSR count). The lowest BCUT2D eigenvalue weighted by atomic mass is 9.95. The van der Waals surface area contributed by atoms with Gasteiger partial charge in [0.1, 0.15) is 11.9 Å². The first-order valence-corrected chi connectivity index (χ1v) is 6.91. The molecule has 0 spiro atoms. The van der Waals surface area contributed by atoms with Crippen LogP contribution in [0.15, 0.2) is 54.6 Å². The molecule has 1 atom stereocenters. The van der Waals surface area contributed by atoms with Gasteiger partial charge < -0.3 is 4.74 Å². The van der Waals surface area contributed by atoms with Crippen molar-refractivity contribution in [2.24, 2.45) is 0 Å². The molecule has 1 aliphatic rings. The maximum Gasteiger partial charge on any atom is 0.128 e. The third kappa shape index (κ3) is 2.41. The fraction of sp³-hybridized carbons (Fsp3) is 0.222. The van der Waals surface area contributed by atoms with Crippen LogP contribution in [0.3, 0.4) is 0 Å². The van der Waals surface area contributed by atoms with E-state index in [0.717, 1.165) is 24.2 Å². The molecule has 96 valence electrons. The van der Waals surface area contributed by atoms with E-state index < -0.39 is 0 Å². The second-order valence-corrected chi connectivity index (χ2v) is 4.90. The molecular formula is C18H18O. The van der Waals surface area contributed by atoms with Gasteiger partial charge >= 0.3 is 0 Å². The summed E-state index contributed by atoms with van der Waals surface area (Å²) in [5.41, 5.74) is 3.74. The van der Waals surface area contributed by atoms with E-state index in [4.69, 9.17) is 4.74 Å². The summed E-state index contributed by atoms with van der Waals surface area (Å²) in [4.78, 5) is 0. The number of ether oxygens (including phenoxy) is 1. The van der Waals surface area contributed by atoms with Crippen LogP contribution in [-0.4, -0.2) is 0 Å². The lowest BCUT2D eigenvalue weighted by Gasteiger charge is -2.27. The maximum atomic E-state index is 6.20. The SMILES string of the molecule is CCC[C@H]1OC(c2ccccc2)=Cc2ccccc21. The van der Waals surface area contributed by atoms with Gasteiger partial charge in [-0.25, -0.2) is 0 Å². The highest BCUT2D eigenvalue weighted by molar-refractivity contribution is 5.80. The number of rotatable bonds is 3. The fourth-order valence-electron chi connectivity index (χ4n) is 2.56. The number of hydrogen-bond acceptors (Lipinski definition) is 1. The highest BCUT2D eigenvalue weighted by Gasteiger charge is 2.21. The Morgan fingerprint density at radius 3 is 2.47 bits per heavy atom. The summed E-state index contributed by atoms with van der Waals surface area (Å²) in [6.07, 6.45) is 4.51. The first-order chi connectivity index (χ1) is 9.38. The van der Waals surface area contributed by atoms with Crippen molar-refractivity contribution in [3.8, 4) is 0 Å². The minimum Gasteiger partial charge on any atom is -0.485 e. The first kappa shape index (κ1) is 12.0. The summed E-state index contributed by atoms with van der Waals surface area (Å²) in [5, 5.41) is 0. The van der Waals surface area contributed by atoms with Crippen LogP contribution in [0.1, 0.15) is 42.6 Å². The molecule has 1 heteroatoms. The van der Waals surface area contributed by atoms with Gasteiger partial charge in [0.05, 0.1) is 0 Å². The second kappa shape index (κ2) is 5.31. The zero-order chi connectivity index (χ0) is 13.1. The van der Waals surface area contributed by atoms with Gasteiger partial charge in [0, 0.05) is 5.56 Å². The van der Waals surface area contributed by atoms with Crippen LogP contribution in [0.5, 0.6) is 0 Å². The molecule has 1 nitrogen and oxygen atoms in total. The lowest BCUT2D eigenvalue weighted by molar-refractivity contribution is 0.156. The number of fused-ring (bicyclic) bond motifs is 1. The molecule has 0 saturated heterocycles. The summed E-state index contributed by atoms with van der Waals surface area (Å²) in [6, 6.07) is 18.9. The van der Waals surface area contributed by atoms with Gasteiger partial charge in [-0.15, -0.1) is 0 Å². The van der Waals surface area contributed by atoms with Crippen molar-refractivity contribution >= 4 is 11.8 Å². The molecule has 2 aromatic rings. The molecule has 0 saturated carbocycles. The van der Waals surface area contributed by atoms with E-state index in [1.807, 2.05) is 6.07 Å². The van der Waals surface area contributed by atoms with Gasteiger partial charge in [-0.1, -0.05) is 67.9 Å². The number of hydrogen-bond donors (Lipinski definition) is 0.